The fraction of sp³-hybridized carbons (Fsp3) is 0.136. The van der Waals surface area contributed by atoms with E-state index in [0.717, 1.165) is 28.1 Å². The van der Waals surface area contributed by atoms with E-state index >= 15 is 0 Å². The molecule has 4 rings (SSSR count). The van der Waals surface area contributed by atoms with Gasteiger partial charge in [0.05, 0.1) is 5.56 Å². The van der Waals surface area contributed by atoms with E-state index in [0.29, 0.717) is 17.5 Å². The van der Waals surface area contributed by atoms with Crippen LogP contribution in [0.2, 0.25) is 0 Å². The molecule has 0 saturated carbocycles. The van der Waals surface area contributed by atoms with Gasteiger partial charge in [-0.2, -0.15) is 4.68 Å². The number of benzene rings is 1. The summed E-state index contributed by atoms with van der Waals surface area (Å²) in [5, 5.41) is 6.42. The largest absolute Gasteiger partial charge is 0.437 e. The van der Waals surface area contributed by atoms with E-state index in [2.05, 4.69) is 20.4 Å². The van der Waals surface area contributed by atoms with Gasteiger partial charge in [-0.1, -0.05) is 13.0 Å². The SMILES string of the molecule is CCc1ncc(-c2nn(C)c(=O)o2)cc1-c1ccc(NC(=O)c2c(F)cccc2F)nc1. The van der Waals surface area contributed by atoms with Crippen LogP contribution in [0.25, 0.3) is 22.6 Å². The number of aromatic nitrogens is 4. The Morgan fingerprint density at radius 2 is 1.81 bits per heavy atom. The maximum atomic E-state index is 13.8. The van der Waals surface area contributed by atoms with Crippen LogP contribution in [0.3, 0.4) is 0 Å². The molecule has 10 heteroatoms. The Bertz CT molecular complexity index is 1340. The van der Waals surface area contributed by atoms with Gasteiger partial charge < -0.3 is 9.73 Å². The fourth-order valence-corrected chi connectivity index (χ4v) is 3.13. The topological polar surface area (TPSA) is 103 Å². The highest BCUT2D eigenvalue weighted by molar-refractivity contribution is 6.04. The summed E-state index contributed by atoms with van der Waals surface area (Å²) < 4.78 is 33.8. The summed E-state index contributed by atoms with van der Waals surface area (Å²) in [6.07, 6.45) is 3.70. The number of hydrogen-bond acceptors (Lipinski definition) is 6. The maximum absolute atomic E-state index is 13.8. The summed E-state index contributed by atoms with van der Waals surface area (Å²) in [4.78, 5) is 32.4. The molecule has 4 aromatic rings. The molecule has 162 valence electrons. The average molecular weight is 437 g/mol. The Morgan fingerprint density at radius 1 is 1.09 bits per heavy atom. The number of carbonyl (C=O) groups is 1. The first-order valence-corrected chi connectivity index (χ1v) is 9.62. The van der Waals surface area contributed by atoms with Crippen molar-refractivity contribution in [2.24, 2.45) is 7.05 Å². The molecule has 0 aliphatic heterocycles. The quantitative estimate of drug-likeness (QED) is 0.512. The van der Waals surface area contributed by atoms with E-state index in [9.17, 15) is 18.4 Å². The fourth-order valence-electron chi connectivity index (χ4n) is 3.13. The smallest absolute Gasteiger partial charge is 0.388 e. The Hall–Kier alpha value is -4.21. The Balaban J connectivity index is 1.63. The highest BCUT2D eigenvalue weighted by atomic mass is 19.1. The lowest BCUT2D eigenvalue weighted by Crippen LogP contribution is -2.16. The average Bonchev–Trinajstić information content (AvgIpc) is 3.12. The van der Waals surface area contributed by atoms with Crippen LogP contribution in [0.15, 0.2) is 58.0 Å². The molecule has 0 fully saturated rings. The molecule has 0 aliphatic rings. The minimum atomic E-state index is -0.962. The first kappa shape index (κ1) is 21.0. The third-order valence-electron chi connectivity index (χ3n) is 4.75. The molecular weight excluding hydrogens is 420 g/mol. The molecule has 0 atom stereocenters. The number of anilines is 1. The van der Waals surface area contributed by atoms with E-state index in [1.165, 1.54) is 25.4 Å². The van der Waals surface area contributed by atoms with Crippen LogP contribution in [0.5, 0.6) is 0 Å². The second-order valence-corrected chi connectivity index (χ2v) is 6.85. The second-order valence-electron chi connectivity index (χ2n) is 6.85. The van der Waals surface area contributed by atoms with Crippen molar-refractivity contribution in [2.45, 2.75) is 13.3 Å². The summed E-state index contributed by atoms with van der Waals surface area (Å²) in [5.41, 5.74) is 2.04. The lowest BCUT2D eigenvalue weighted by atomic mass is 10.0. The van der Waals surface area contributed by atoms with E-state index in [1.807, 2.05) is 6.92 Å². The first-order chi connectivity index (χ1) is 15.4. The van der Waals surface area contributed by atoms with Crippen molar-refractivity contribution in [3.63, 3.8) is 0 Å². The van der Waals surface area contributed by atoms with E-state index in [-0.39, 0.29) is 11.7 Å². The molecule has 1 N–H and O–H groups in total. The molecule has 0 spiro atoms. The Morgan fingerprint density at radius 3 is 2.41 bits per heavy atom. The standard InChI is InChI=1S/C22H17F2N5O3/c1-3-17-14(9-13(11-25-17)21-28-29(2)22(31)32-21)12-7-8-18(26-10-12)27-20(30)19-15(23)5-4-6-16(19)24/h4-11H,3H2,1-2H3,(H,26,27,30). The number of carbonyl (C=O) groups excluding carboxylic acids is 1. The summed E-state index contributed by atoms with van der Waals surface area (Å²) in [5.74, 6) is -3.19. The number of halogens is 2. The predicted molar refractivity (Wildman–Crippen MR) is 112 cm³/mol. The summed E-state index contributed by atoms with van der Waals surface area (Å²) >= 11 is 0. The highest BCUT2D eigenvalue weighted by Crippen LogP contribution is 2.28. The number of hydrogen-bond donors (Lipinski definition) is 1. The van der Waals surface area contributed by atoms with Crippen molar-refractivity contribution in [3.8, 4) is 22.6 Å². The molecule has 1 aromatic carbocycles. The second kappa shape index (κ2) is 8.50. The lowest BCUT2D eigenvalue weighted by molar-refractivity contribution is 0.101. The molecule has 1 amide bonds. The van der Waals surface area contributed by atoms with E-state index in [4.69, 9.17) is 4.42 Å². The van der Waals surface area contributed by atoms with Gasteiger partial charge in [-0.05, 0) is 36.8 Å². The zero-order valence-corrected chi connectivity index (χ0v) is 17.1. The molecule has 0 bridgehead atoms. The number of nitrogens with one attached hydrogen (secondary N) is 1. The van der Waals surface area contributed by atoms with E-state index < -0.39 is 28.9 Å². The van der Waals surface area contributed by atoms with Gasteiger partial charge in [0.2, 0.25) is 0 Å². The molecule has 0 aliphatic carbocycles. The third-order valence-corrected chi connectivity index (χ3v) is 4.75. The zero-order chi connectivity index (χ0) is 22.8. The molecule has 0 radical (unpaired) electrons. The number of aryl methyl sites for hydroxylation is 2. The molecule has 3 heterocycles. The van der Waals surface area contributed by atoms with Gasteiger partial charge in [0.25, 0.3) is 11.8 Å². The van der Waals surface area contributed by atoms with Crippen LogP contribution in [-0.2, 0) is 13.5 Å². The van der Waals surface area contributed by atoms with Crippen LogP contribution >= 0.6 is 0 Å². The van der Waals surface area contributed by atoms with Gasteiger partial charge in [-0.15, -0.1) is 5.10 Å². The van der Waals surface area contributed by atoms with Crippen LogP contribution in [0.4, 0.5) is 14.6 Å². The van der Waals surface area contributed by atoms with Gasteiger partial charge in [0, 0.05) is 36.3 Å². The molecule has 3 aromatic heterocycles. The third kappa shape index (κ3) is 4.02. The van der Waals surface area contributed by atoms with Gasteiger partial charge in [-0.25, -0.2) is 18.6 Å². The van der Waals surface area contributed by atoms with Crippen molar-refractivity contribution in [2.75, 3.05) is 5.32 Å². The number of amides is 1. The highest BCUT2D eigenvalue weighted by Gasteiger charge is 2.18. The van der Waals surface area contributed by atoms with Gasteiger partial charge >= 0.3 is 5.76 Å². The van der Waals surface area contributed by atoms with Gasteiger partial charge in [-0.3, -0.25) is 9.78 Å². The van der Waals surface area contributed by atoms with Crippen molar-refractivity contribution in [1.82, 2.24) is 19.7 Å². The monoisotopic (exact) mass is 437 g/mol. The Kier molecular flexibility index (Phi) is 5.59. The van der Waals surface area contributed by atoms with Crippen LogP contribution in [0, 0.1) is 11.6 Å². The molecule has 0 saturated heterocycles. The Labute approximate surface area is 180 Å². The van der Waals surface area contributed by atoms with Crippen LogP contribution < -0.4 is 11.1 Å². The molecular formula is C22H17F2N5O3. The normalized spacial score (nSPS) is 10.9. The zero-order valence-electron chi connectivity index (χ0n) is 17.1. The van der Waals surface area contributed by atoms with E-state index in [1.54, 1.807) is 18.3 Å². The lowest BCUT2D eigenvalue weighted by Gasteiger charge is -2.10. The number of pyridine rings is 2. The molecule has 0 unspecified atom stereocenters. The summed E-state index contributed by atoms with van der Waals surface area (Å²) in [6, 6.07) is 8.17. The summed E-state index contributed by atoms with van der Waals surface area (Å²) in [7, 11) is 1.48. The maximum Gasteiger partial charge on any atom is 0.437 e. The predicted octanol–water partition coefficient (Wildman–Crippen LogP) is 3.59. The number of nitrogens with zero attached hydrogens (tertiary/aromatic N) is 4. The minimum Gasteiger partial charge on any atom is -0.388 e. The van der Waals surface area contributed by atoms with Crippen molar-refractivity contribution < 1.29 is 18.0 Å². The van der Waals surface area contributed by atoms with Crippen LogP contribution in [-0.4, -0.2) is 25.7 Å². The van der Waals surface area contributed by atoms with Crippen molar-refractivity contribution in [3.05, 3.63) is 82.2 Å². The molecule has 8 nitrogen and oxygen atoms in total. The number of rotatable bonds is 5. The van der Waals surface area contributed by atoms with Gasteiger partial charge in [0.1, 0.15) is 23.0 Å². The molecule has 32 heavy (non-hydrogen) atoms. The van der Waals surface area contributed by atoms with Crippen LogP contribution in [0.1, 0.15) is 23.0 Å². The van der Waals surface area contributed by atoms with Crippen molar-refractivity contribution >= 4 is 11.7 Å². The van der Waals surface area contributed by atoms with Gasteiger partial charge in [0.15, 0.2) is 0 Å². The minimum absolute atomic E-state index is 0.124. The summed E-state index contributed by atoms with van der Waals surface area (Å²) in [6.45, 7) is 1.94. The van der Waals surface area contributed by atoms with Crippen molar-refractivity contribution in [1.29, 1.82) is 0 Å². The first-order valence-electron chi connectivity index (χ1n) is 9.62.